The minimum Gasteiger partial charge on any atom is -0.481 e. The van der Waals surface area contributed by atoms with Gasteiger partial charge in [-0.2, -0.15) is 0 Å². The molecule has 6 nitrogen and oxygen atoms in total. The lowest BCUT2D eigenvalue weighted by atomic mass is 9.76. The van der Waals surface area contributed by atoms with Crippen LogP contribution in [-0.4, -0.2) is 33.5 Å². The molecular formula is C14H23N3O3. The maximum Gasteiger partial charge on any atom is 0.310 e. The molecule has 1 heterocycles. The van der Waals surface area contributed by atoms with Crippen LogP contribution in [0.5, 0.6) is 0 Å². The maximum absolute atomic E-state index is 11.8. The molecule has 20 heavy (non-hydrogen) atoms. The van der Waals surface area contributed by atoms with Crippen LogP contribution in [0.2, 0.25) is 0 Å². The first-order valence-electron chi connectivity index (χ1n) is 6.84. The molecular weight excluding hydrogens is 258 g/mol. The third-order valence-electron chi connectivity index (χ3n) is 3.76. The molecule has 0 aliphatic carbocycles. The third-order valence-corrected chi connectivity index (χ3v) is 3.76. The highest BCUT2D eigenvalue weighted by molar-refractivity contribution is 5.84. The van der Waals surface area contributed by atoms with Crippen molar-refractivity contribution in [3.05, 3.63) is 18.2 Å². The summed E-state index contributed by atoms with van der Waals surface area (Å²) in [5.41, 5.74) is -1.02. The topological polar surface area (TPSA) is 95.1 Å². The molecule has 1 amide bonds. The van der Waals surface area contributed by atoms with Crippen molar-refractivity contribution in [2.24, 2.45) is 11.3 Å². The van der Waals surface area contributed by atoms with Gasteiger partial charge in [-0.15, -0.1) is 0 Å². The molecule has 1 rings (SSSR count). The second-order valence-electron chi connectivity index (χ2n) is 5.54. The number of carbonyl (C=O) groups is 2. The van der Waals surface area contributed by atoms with Gasteiger partial charge >= 0.3 is 5.97 Å². The Kier molecular flexibility index (Phi) is 5.73. The fraction of sp³-hybridized carbons (Fsp3) is 0.643. The van der Waals surface area contributed by atoms with E-state index >= 15 is 0 Å². The van der Waals surface area contributed by atoms with E-state index in [1.165, 1.54) is 0 Å². The van der Waals surface area contributed by atoms with E-state index in [0.29, 0.717) is 6.54 Å². The number of hydrogen-bond donors (Lipinski definition) is 3. The van der Waals surface area contributed by atoms with Crippen molar-refractivity contribution in [3.63, 3.8) is 0 Å². The third kappa shape index (κ3) is 4.36. The average Bonchev–Trinajstić information content (AvgIpc) is 2.87. The van der Waals surface area contributed by atoms with Gasteiger partial charge in [0.05, 0.1) is 5.41 Å². The molecule has 0 fully saturated rings. The molecule has 1 aromatic heterocycles. The number of carboxylic acid groups (broad SMARTS) is 1. The summed E-state index contributed by atoms with van der Waals surface area (Å²) >= 11 is 0. The van der Waals surface area contributed by atoms with E-state index in [9.17, 15) is 14.7 Å². The summed E-state index contributed by atoms with van der Waals surface area (Å²) in [6.45, 7) is 5.77. The van der Waals surface area contributed by atoms with Gasteiger partial charge in [0.2, 0.25) is 5.91 Å². The van der Waals surface area contributed by atoms with E-state index in [0.717, 1.165) is 18.7 Å². The highest BCUT2D eigenvalue weighted by atomic mass is 16.4. The minimum atomic E-state index is -1.02. The van der Waals surface area contributed by atoms with Gasteiger partial charge in [-0.1, -0.05) is 13.8 Å². The number of nitrogens with zero attached hydrogens (tertiary/aromatic N) is 1. The summed E-state index contributed by atoms with van der Waals surface area (Å²) in [7, 11) is 0. The standard InChI is InChI=1S/C14H23N3O3/c1-10(2)14(3,13(19)20)9-12(18)17-6-4-5-11-15-7-8-16-11/h7-8,10H,4-6,9H2,1-3H3,(H,15,16)(H,17,18)(H,19,20). The summed E-state index contributed by atoms with van der Waals surface area (Å²) in [6.07, 6.45) is 4.98. The van der Waals surface area contributed by atoms with Crippen LogP contribution < -0.4 is 5.32 Å². The van der Waals surface area contributed by atoms with Crippen molar-refractivity contribution in [2.75, 3.05) is 6.54 Å². The number of rotatable bonds is 8. The molecule has 0 saturated heterocycles. The normalized spacial score (nSPS) is 14.0. The fourth-order valence-corrected chi connectivity index (χ4v) is 1.84. The van der Waals surface area contributed by atoms with Gasteiger partial charge < -0.3 is 15.4 Å². The van der Waals surface area contributed by atoms with Gasteiger partial charge in [-0.05, 0) is 19.3 Å². The molecule has 1 unspecified atom stereocenters. The molecule has 0 aliphatic heterocycles. The van der Waals surface area contributed by atoms with Crippen molar-refractivity contribution < 1.29 is 14.7 Å². The molecule has 1 aromatic rings. The number of aromatic amines is 1. The van der Waals surface area contributed by atoms with Gasteiger partial charge in [0, 0.05) is 31.8 Å². The molecule has 3 N–H and O–H groups in total. The van der Waals surface area contributed by atoms with E-state index in [1.54, 1.807) is 19.3 Å². The number of nitrogens with one attached hydrogen (secondary N) is 2. The number of aliphatic carboxylic acids is 1. The lowest BCUT2D eigenvalue weighted by Gasteiger charge is -2.28. The summed E-state index contributed by atoms with van der Waals surface area (Å²) in [4.78, 5) is 30.2. The Balaban J connectivity index is 2.33. The Labute approximate surface area is 119 Å². The molecule has 112 valence electrons. The number of aryl methyl sites for hydroxylation is 1. The van der Waals surface area contributed by atoms with E-state index < -0.39 is 11.4 Å². The zero-order valence-corrected chi connectivity index (χ0v) is 12.3. The smallest absolute Gasteiger partial charge is 0.310 e. The van der Waals surface area contributed by atoms with Crippen LogP contribution in [0.1, 0.15) is 39.4 Å². The van der Waals surface area contributed by atoms with Gasteiger partial charge in [-0.3, -0.25) is 9.59 Å². The van der Waals surface area contributed by atoms with Crippen molar-refractivity contribution in [1.82, 2.24) is 15.3 Å². The van der Waals surface area contributed by atoms with Gasteiger partial charge in [0.1, 0.15) is 5.82 Å². The lowest BCUT2D eigenvalue weighted by molar-refractivity contribution is -0.153. The molecule has 0 spiro atoms. The highest BCUT2D eigenvalue weighted by Gasteiger charge is 2.38. The van der Waals surface area contributed by atoms with Gasteiger partial charge in [-0.25, -0.2) is 4.98 Å². The summed E-state index contributed by atoms with van der Waals surface area (Å²) < 4.78 is 0. The monoisotopic (exact) mass is 281 g/mol. The Morgan fingerprint density at radius 3 is 2.70 bits per heavy atom. The van der Waals surface area contributed by atoms with Gasteiger partial charge in [0.25, 0.3) is 0 Å². The highest BCUT2D eigenvalue weighted by Crippen LogP contribution is 2.31. The Morgan fingerprint density at radius 2 is 2.20 bits per heavy atom. The van der Waals surface area contributed by atoms with Crippen molar-refractivity contribution in [2.45, 2.75) is 40.0 Å². The average molecular weight is 281 g/mol. The first kappa shape index (κ1) is 16.2. The SMILES string of the molecule is CC(C)C(C)(CC(=O)NCCCc1ncc[nH]1)C(=O)O. The zero-order valence-electron chi connectivity index (χ0n) is 12.3. The number of H-pyrrole nitrogens is 1. The molecule has 0 aromatic carbocycles. The second kappa shape index (κ2) is 7.07. The Hall–Kier alpha value is -1.85. The Morgan fingerprint density at radius 1 is 1.50 bits per heavy atom. The second-order valence-corrected chi connectivity index (χ2v) is 5.54. The quantitative estimate of drug-likeness (QED) is 0.631. The largest absolute Gasteiger partial charge is 0.481 e. The molecule has 0 aliphatic rings. The van der Waals surface area contributed by atoms with Crippen LogP contribution >= 0.6 is 0 Å². The van der Waals surface area contributed by atoms with Crippen LogP contribution in [0.15, 0.2) is 12.4 Å². The number of amides is 1. The minimum absolute atomic E-state index is 0.000746. The summed E-state index contributed by atoms with van der Waals surface area (Å²) in [6, 6.07) is 0. The van der Waals surface area contributed by atoms with Crippen molar-refractivity contribution in [1.29, 1.82) is 0 Å². The van der Waals surface area contributed by atoms with E-state index in [2.05, 4.69) is 15.3 Å². The fourth-order valence-electron chi connectivity index (χ4n) is 1.84. The Bertz CT molecular complexity index is 443. The molecule has 1 atom stereocenters. The molecule has 0 bridgehead atoms. The predicted molar refractivity (Wildman–Crippen MR) is 75.1 cm³/mol. The van der Waals surface area contributed by atoms with E-state index in [1.807, 2.05) is 13.8 Å². The zero-order chi connectivity index (χ0) is 15.2. The van der Waals surface area contributed by atoms with Crippen LogP contribution in [-0.2, 0) is 16.0 Å². The van der Waals surface area contributed by atoms with E-state index in [-0.39, 0.29) is 18.2 Å². The number of imidazole rings is 1. The van der Waals surface area contributed by atoms with Crippen molar-refractivity contribution >= 4 is 11.9 Å². The number of hydrogen-bond acceptors (Lipinski definition) is 3. The number of carbonyl (C=O) groups excluding carboxylic acids is 1. The van der Waals surface area contributed by atoms with Crippen LogP contribution in [0, 0.1) is 11.3 Å². The number of carboxylic acids is 1. The van der Waals surface area contributed by atoms with Gasteiger partial charge in [0.15, 0.2) is 0 Å². The maximum atomic E-state index is 11.8. The summed E-state index contributed by atoms with van der Waals surface area (Å²) in [5, 5.41) is 12.0. The van der Waals surface area contributed by atoms with Crippen LogP contribution in [0.3, 0.4) is 0 Å². The first-order chi connectivity index (χ1) is 9.36. The molecule has 6 heteroatoms. The van der Waals surface area contributed by atoms with Crippen molar-refractivity contribution in [3.8, 4) is 0 Å². The van der Waals surface area contributed by atoms with E-state index in [4.69, 9.17) is 0 Å². The lowest BCUT2D eigenvalue weighted by Crippen LogP contribution is -2.39. The molecule has 0 saturated carbocycles. The first-order valence-corrected chi connectivity index (χ1v) is 6.84. The van der Waals surface area contributed by atoms with Crippen LogP contribution in [0.25, 0.3) is 0 Å². The number of aromatic nitrogens is 2. The predicted octanol–water partition coefficient (Wildman–Crippen LogP) is 1.60. The van der Waals surface area contributed by atoms with Crippen LogP contribution in [0.4, 0.5) is 0 Å². The molecule has 0 radical (unpaired) electrons. The summed E-state index contributed by atoms with van der Waals surface area (Å²) in [5.74, 6) is -0.369.